The van der Waals surface area contributed by atoms with E-state index in [1.54, 1.807) is 0 Å². The molecule has 0 aliphatic heterocycles. The van der Waals surface area contributed by atoms with Crippen LogP contribution in [0, 0.1) is 12.8 Å². The van der Waals surface area contributed by atoms with Crippen molar-refractivity contribution in [2.45, 2.75) is 53.6 Å². The first-order valence-corrected chi connectivity index (χ1v) is 6.23. The zero-order valence-electron chi connectivity index (χ0n) is 11.4. The van der Waals surface area contributed by atoms with E-state index in [9.17, 15) is 0 Å². The number of hydrogen-bond acceptors (Lipinski definition) is 4. The van der Waals surface area contributed by atoms with E-state index in [1.165, 1.54) is 0 Å². The minimum atomic E-state index is 0.146. The van der Waals surface area contributed by atoms with Gasteiger partial charge < -0.3 is 10.5 Å². The van der Waals surface area contributed by atoms with E-state index in [0.717, 1.165) is 24.2 Å². The third-order valence-corrected chi connectivity index (χ3v) is 2.62. The minimum absolute atomic E-state index is 0.146. The Bertz CT molecular complexity index is 377. The van der Waals surface area contributed by atoms with Crippen LogP contribution in [-0.2, 0) is 6.42 Å². The van der Waals surface area contributed by atoms with Crippen molar-refractivity contribution in [3.05, 3.63) is 11.4 Å². The van der Waals surface area contributed by atoms with Crippen LogP contribution >= 0.6 is 0 Å². The lowest BCUT2D eigenvalue weighted by Crippen LogP contribution is -2.17. The zero-order valence-corrected chi connectivity index (χ0v) is 11.4. The number of aryl methyl sites for hydroxylation is 1. The van der Waals surface area contributed by atoms with Gasteiger partial charge in [-0.3, -0.25) is 0 Å². The van der Waals surface area contributed by atoms with E-state index < -0.39 is 0 Å². The van der Waals surface area contributed by atoms with E-state index in [4.69, 9.17) is 10.5 Å². The first-order chi connectivity index (χ1) is 7.93. The van der Waals surface area contributed by atoms with Gasteiger partial charge in [0.05, 0.1) is 11.7 Å². The lowest BCUT2D eigenvalue weighted by atomic mass is 10.1. The maximum Gasteiger partial charge on any atom is 0.222 e. The van der Waals surface area contributed by atoms with Gasteiger partial charge in [0, 0.05) is 6.42 Å². The molecule has 4 nitrogen and oxygen atoms in total. The molecule has 0 fully saturated rings. The summed E-state index contributed by atoms with van der Waals surface area (Å²) in [5.41, 5.74) is 6.67. The van der Waals surface area contributed by atoms with Crippen LogP contribution in [0.25, 0.3) is 0 Å². The normalized spacial score (nSPS) is 12.8. The number of anilines is 1. The molecule has 1 aromatic heterocycles. The van der Waals surface area contributed by atoms with Crippen molar-refractivity contribution in [1.29, 1.82) is 0 Å². The zero-order chi connectivity index (χ0) is 13.0. The molecule has 1 rings (SSSR count). The van der Waals surface area contributed by atoms with Gasteiger partial charge in [-0.1, -0.05) is 20.8 Å². The third-order valence-electron chi connectivity index (χ3n) is 2.62. The molecular formula is C13H23N3O. The average molecular weight is 237 g/mol. The van der Waals surface area contributed by atoms with Gasteiger partial charge in [0.2, 0.25) is 5.88 Å². The van der Waals surface area contributed by atoms with Crippen molar-refractivity contribution >= 4 is 5.82 Å². The lowest BCUT2D eigenvalue weighted by Gasteiger charge is -2.18. The Labute approximate surface area is 104 Å². The van der Waals surface area contributed by atoms with E-state index >= 15 is 0 Å². The Morgan fingerprint density at radius 2 is 1.88 bits per heavy atom. The maximum atomic E-state index is 5.85. The summed E-state index contributed by atoms with van der Waals surface area (Å²) in [6.45, 7) is 10.3. The van der Waals surface area contributed by atoms with Gasteiger partial charge >= 0.3 is 0 Å². The summed E-state index contributed by atoms with van der Waals surface area (Å²) in [5, 5.41) is 0. The van der Waals surface area contributed by atoms with Crippen molar-refractivity contribution in [3.63, 3.8) is 0 Å². The van der Waals surface area contributed by atoms with Gasteiger partial charge in [0.25, 0.3) is 0 Å². The van der Waals surface area contributed by atoms with Crippen molar-refractivity contribution < 1.29 is 4.74 Å². The first-order valence-electron chi connectivity index (χ1n) is 6.23. The summed E-state index contributed by atoms with van der Waals surface area (Å²) >= 11 is 0. The largest absolute Gasteiger partial charge is 0.474 e. The fourth-order valence-corrected chi connectivity index (χ4v) is 1.73. The van der Waals surface area contributed by atoms with E-state index in [0.29, 0.717) is 17.6 Å². The lowest BCUT2D eigenvalue weighted by molar-refractivity contribution is 0.183. The fourth-order valence-electron chi connectivity index (χ4n) is 1.73. The third kappa shape index (κ3) is 3.88. The summed E-state index contributed by atoms with van der Waals surface area (Å²) < 4.78 is 5.85. The molecule has 17 heavy (non-hydrogen) atoms. The molecule has 0 saturated carbocycles. The molecule has 0 spiro atoms. The number of nitrogens with zero attached hydrogens (tertiary/aromatic N) is 2. The highest BCUT2D eigenvalue weighted by molar-refractivity contribution is 5.44. The second-order valence-corrected chi connectivity index (χ2v) is 4.87. The standard InChI is InChI=1S/C13H23N3O/c1-6-11-15-12(14)10(5)13(16-11)17-9(4)7-8(2)3/h8-9H,6-7H2,1-5H3,(H2,14,15,16). The second kappa shape index (κ2) is 5.84. The molecule has 1 atom stereocenters. The topological polar surface area (TPSA) is 61.0 Å². The summed E-state index contributed by atoms with van der Waals surface area (Å²) in [6, 6.07) is 0. The Kier molecular flexibility index (Phi) is 4.73. The Balaban J connectivity index is 2.86. The van der Waals surface area contributed by atoms with Crippen LogP contribution in [-0.4, -0.2) is 16.1 Å². The molecule has 4 heteroatoms. The van der Waals surface area contributed by atoms with E-state index in [2.05, 4.69) is 30.7 Å². The van der Waals surface area contributed by atoms with Gasteiger partial charge in [-0.05, 0) is 26.2 Å². The van der Waals surface area contributed by atoms with Crippen molar-refractivity contribution in [3.8, 4) is 5.88 Å². The van der Waals surface area contributed by atoms with Gasteiger partial charge in [-0.15, -0.1) is 0 Å². The number of hydrogen-bond donors (Lipinski definition) is 1. The molecule has 0 amide bonds. The van der Waals surface area contributed by atoms with Crippen LogP contribution in [0.15, 0.2) is 0 Å². The molecule has 96 valence electrons. The van der Waals surface area contributed by atoms with Crippen LogP contribution in [0.2, 0.25) is 0 Å². The van der Waals surface area contributed by atoms with Gasteiger partial charge in [-0.25, -0.2) is 4.98 Å². The highest BCUT2D eigenvalue weighted by Gasteiger charge is 2.13. The smallest absolute Gasteiger partial charge is 0.222 e. The number of aromatic nitrogens is 2. The minimum Gasteiger partial charge on any atom is -0.474 e. The van der Waals surface area contributed by atoms with Crippen LogP contribution < -0.4 is 10.5 Å². The van der Waals surface area contributed by atoms with Crippen molar-refractivity contribution in [2.75, 3.05) is 5.73 Å². The van der Waals surface area contributed by atoms with Gasteiger partial charge in [0.1, 0.15) is 11.6 Å². The molecule has 1 aromatic rings. The summed E-state index contributed by atoms with van der Waals surface area (Å²) in [7, 11) is 0. The number of rotatable bonds is 5. The summed E-state index contributed by atoms with van der Waals surface area (Å²) in [6.07, 6.45) is 1.91. The second-order valence-electron chi connectivity index (χ2n) is 4.87. The molecular weight excluding hydrogens is 214 g/mol. The average Bonchev–Trinajstić information content (AvgIpc) is 2.23. The molecule has 2 N–H and O–H groups in total. The highest BCUT2D eigenvalue weighted by atomic mass is 16.5. The monoisotopic (exact) mass is 237 g/mol. The SMILES string of the molecule is CCc1nc(N)c(C)c(OC(C)CC(C)C)n1. The molecule has 0 radical (unpaired) electrons. The quantitative estimate of drug-likeness (QED) is 0.855. The van der Waals surface area contributed by atoms with Crippen molar-refractivity contribution in [1.82, 2.24) is 9.97 Å². The van der Waals surface area contributed by atoms with Crippen LogP contribution in [0.1, 0.15) is 45.5 Å². The summed E-state index contributed by atoms with van der Waals surface area (Å²) in [4.78, 5) is 8.59. The predicted octanol–water partition coefficient (Wildman–Crippen LogP) is 2.74. The molecule has 0 saturated heterocycles. The Morgan fingerprint density at radius 1 is 1.24 bits per heavy atom. The van der Waals surface area contributed by atoms with Crippen LogP contribution in [0.3, 0.4) is 0 Å². The Morgan fingerprint density at radius 3 is 2.41 bits per heavy atom. The molecule has 0 aliphatic carbocycles. The van der Waals surface area contributed by atoms with E-state index in [1.807, 2.05) is 13.8 Å². The van der Waals surface area contributed by atoms with Gasteiger partial charge in [-0.2, -0.15) is 4.98 Å². The number of ether oxygens (including phenoxy) is 1. The molecule has 0 bridgehead atoms. The number of nitrogen functional groups attached to an aromatic ring is 1. The van der Waals surface area contributed by atoms with Crippen LogP contribution in [0.4, 0.5) is 5.82 Å². The van der Waals surface area contributed by atoms with Gasteiger partial charge in [0.15, 0.2) is 0 Å². The first kappa shape index (κ1) is 13.7. The Hall–Kier alpha value is -1.32. The fraction of sp³-hybridized carbons (Fsp3) is 0.692. The molecule has 1 unspecified atom stereocenters. The summed E-state index contributed by atoms with van der Waals surface area (Å²) in [5.74, 6) is 2.49. The van der Waals surface area contributed by atoms with Crippen molar-refractivity contribution in [2.24, 2.45) is 5.92 Å². The molecule has 0 aliphatic rings. The maximum absolute atomic E-state index is 5.85. The predicted molar refractivity (Wildman–Crippen MR) is 70.1 cm³/mol. The molecule has 1 heterocycles. The van der Waals surface area contributed by atoms with Crippen LogP contribution in [0.5, 0.6) is 5.88 Å². The van der Waals surface area contributed by atoms with E-state index in [-0.39, 0.29) is 6.10 Å². The highest BCUT2D eigenvalue weighted by Crippen LogP contribution is 2.22. The number of nitrogens with two attached hydrogens (primary N) is 1. The molecule has 0 aromatic carbocycles.